The minimum absolute atomic E-state index is 0.468. The van der Waals surface area contributed by atoms with Gasteiger partial charge in [0.2, 0.25) is 0 Å². The zero-order chi connectivity index (χ0) is 19.8. The van der Waals surface area contributed by atoms with Crippen LogP contribution in [0.15, 0.2) is 5.16 Å². The van der Waals surface area contributed by atoms with Crippen LogP contribution in [0.5, 0.6) is 0 Å². The first-order chi connectivity index (χ1) is 13.4. The highest BCUT2D eigenvalue weighted by atomic mass is 16.6. The van der Waals surface area contributed by atoms with E-state index < -0.39 is 0 Å². The highest BCUT2D eigenvalue weighted by molar-refractivity contribution is 5.62. The van der Waals surface area contributed by atoms with Crippen molar-refractivity contribution < 1.29 is 4.84 Å². The summed E-state index contributed by atoms with van der Waals surface area (Å²) in [5.41, 5.74) is 1.12. The second kappa shape index (κ2) is 8.28. The largest absolute Gasteiger partial charge is 0.396 e. The van der Waals surface area contributed by atoms with Crippen molar-refractivity contribution in [2.45, 2.75) is 84.5 Å². The molecule has 0 N–H and O–H groups in total. The molecule has 160 valence electrons. The number of hydrogen-bond acceptors (Lipinski definition) is 3. The van der Waals surface area contributed by atoms with Crippen molar-refractivity contribution in [1.82, 2.24) is 4.90 Å². The number of hydrogen-bond donors (Lipinski definition) is 0. The normalized spacial score (nSPS) is 45.7. The highest BCUT2D eigenvalue weighted by Gasteiger charge is 2.59. The molecule has 0 aliphatic heterocycles. The van der Waals surface area contributed by atoms with E-state index in [0.717, 1.165) is 43.2 Å². The van der Waals surface area contributed by atoms with Gasteiger partial charge in [0.05, 0.1) is 0 Å². The van der Waals surface area contributed by atoms with Gasteiger partial charge in [0, 0.05) is 18.7 Å². The third-order valence-corrected chi connectivity index (χ3v) is 9.81. The quantitative estimate of drug-likeness (QED) is 0.317. The third-order valence-electron chi connectivity index (χ3n) is 9.81. The Morgan fingerprint density at radius 2 is 1.75 bits per heavy atom. The van der Waals surface area contributed by atoms with Crippen LogP contribution in [-0.4, -0.2) is 38.4 Å². The molecular formula is C25H44N2O. The van der Waals surface area contributed by atoms with Crippen LogP contribution in [0.1, 0.15) is 84.5 Å². The molecule has 3 heteroatoms. The summed E-state index contributed by atoms with van der Waals surface area (Å²) in [6, 6.07) is 0. The summed E-state index contributed by atoms with van der Waals surface area (Å²) in [6.45, 7) is 7.10. The topological polar surface area (TPSA) is 24.8 Å². The lowest BCUT2D eigenvalue weighted by molar-refractivity contribution is -0.106. The predicted octanol–water partition coefficient (Wildman–Crippen LogP) is 5.99. The van der Waals surface area contributed by atoms with Crippen molar-refractivity contribution in [2.75, 3.05) is 27.2 Å². The lowest BCUT2D eigenvalue weighted by Crippen LogP contribution is -2.52. The number of rotatable bonds is 6. The van der Waals surface area contributed by atoms with Gasteiger partial charge < -0.3 is 9.74 Å². The lowest BCUT2D eigenvalue weighted by atomic mass is 9.45. The van der Waals surface area contributed by atoms with E-state index in [9.17, 15) is 0 Å². The summed E-state index contributed by atoms with van der Waals surface area (Å²) in [6.07, 6.45) is 17.9. The van der Waals surface area contributed by atoms with Crippen LogP contribution in [0.3, 0.4) is 0 Å². The summed E-state index contributed by atoms with van der Waals surface area (Å²) >= 11 is 0. The van der Waals surface area contributed by atoms with Crippen molar-refractivity contribution in [1.29, 1.82) is 0 Å². The van der Waals surface area contributed by atoms with E-state index in [4.69, 9.17) is 4.84 Å². The van der Waals surface area contributed by atoms with Crippen LogP contribution < -0.4 is 0 Å². The molecule has 0 bridgehead atoms. The zero-order valence-electron chi connectivity index (χ0n) is 19.0. The Hall–Kier alpha value is -0.570. The Morgan fingerprint density at radius 1 is 0.929 bits per heavy atom. The Bertz CT molecular complexity index is 561. The Morgan fingerprint density at radius 3 is 2.57 bits per heavy atom. The summed E-state index contributed by atoms with van der Waals surface area (Å²) in [7, 11) is 4.22. The van der Waals surface area contributed by atoms with Gasteiger partial charge in [-0.15, -0.1) is 0 Å². The summed E-state index contributed by atoms with van der Waals surface area (Å²) in [5.74, 6) is 4.57. The second-order valence-corrected chi connectivity index (χ2v) is 11.4. The van der Waals surface area contributed by atoms with Gasteiger partial charge in [0.25, 0.3) is 0 Å². The molecule has 4 aliphatic rings. The first kappa shape index (κ1) is 20.7. The van der Waals surface area contributed by atoms with Gasteiger partial charge in [-0.05, 0) is 106 Å². The van der Waals surface area contributed by atoms with Crippen LogP contribution in [0.4, 0.5) is 0 Å². The molecular weight excluding hydrogens is 344 g/mol. The van der Waals surface area contributed by atoms with Crippen molar-refractivity contribution in [3.05, 3.63) is 0 Å². The Balaban J connectivity index is 1.38. The molecule has 4 rings (SSSR count). The standard InChI is InChI=1S/C25H44N2O/c1-24-14-6-5-8-19(24)9-11-21-22-12-10-20(25(22,2)15-13-23(21)24)18-26-28-17-7-16-27(3)4/h18-23H,5-17H2,1-4H3/b26-18+/t19-,20+,21-,22-,23-,24-,25+/m0/s1. The SMILES string of the molecule is CN(C)CCCO/N=C/[C@H]1CC[C@H]2[C@@H]3CC[C@@H]4CCCC[C@]4(C)[C@H]3CC[C@]12C. The third kappa shape index (κ3) is 3.66. The average molecular weight is 389 g/mol. The molecule has 0 aromatic rings. The maximum Gasteiger partial charge on any atom is 0.118 e. The molecule has 3 nitrogen and oxygen atoms in total. The number of nitrogens with zero attached hydrogens (tertiary/aromatic N) is 2. The van der Waals surface area contributed by atoms with Gasteiger partial charge in [-0.1, -0.05) is 31.8 Å². The van der Waals surface area contributed by atoms with Crippen molar-refractivity contribution in [3.8, 4) is 0 Å². The van der Waals surface area contributed by atoms with Gasteiger partial charge in [-0.2, -0.15) is 0 Å². The van der Waals surface area contributed by atoms with Crippen LogP contribution in [0.25, 0.3) is 0 Å². The first-order valence-corrected chi connectivity index (χ1v) is 12.3. The molecule has 4 fully saturated rings. The maximum absolute atomic E-state index is 5.61. The van der Waals surface area contributed by atoms with E-state index in [1.54, 1.807) is 0 Å². The van der Waals surface area contributed by atoms with Crippen molar-refractivity contribution in [2.24, 2.45) is 45.6 Å². The molecule has 7 atom stereocenters. The summed E-state index contributed by atoms with van der Waals surface area (Å²) < 4.78 is 0. The fourth-order valence-corrected chi connectivity index (χ4v) is 8.20. The minimum Gasteiger partial charge on any atom is -0.396 e. The molecule has 0 aromatic heterocycles. The molecule has 4 saturated carbocycles. The average Bonchev–Trinajstić information content (AvgIpc) is 3.00. The van der Waals surface area contributed by atoms with E-state index >= 15 is 0 Å². The van der Waals surface area contributed by atoms with E-state index in [2.05, 4.69) is 44.2 Å². The van der Waals surface area contributed by atoms with E-state index in [1.165, 1.54) is 64.2 Å². The molecule has 0 amide bonds. The molecule has 0 saturated heterocycles. The van der Waals surface area contributed by atoms with Crippen molar-refractivity contribution in [3.63, 3.8) is 0 Å². The Labute approximate surface area is 173 Å². The molecule has 0 spiro atoms. The maximum atomic E-state index is 5.61. The molecule has 0 heterocycles. The molecule has 0 radical (unpaired) electrons. The van der Waals surface area contributed by atoms with Gasteiger partial charge in [-0.25, -0.2) is 0 Å². The monoisotopic (exact) mass is 388 g/mol. The van der Waals surface area contributed by atoms with Crippen LogP contribution in [0, 0.1) is 40.4 Å². The number of oxime groups is 1. The highest BCUT2D eigenvalue weighted by Crippen LogP contribution is 2.67. The van der Waals surface area contributed by atoms with Gasteiger partial charge in [0.1, 0.15) is 6.61 Å². The van der Waals surface area contributed by atoms with Crippen LogP contribution in [0.2, 0.25) is 0 Å². The van der Waals surface area contributed by atoms with Crippen LogP contribution in [-0.2, 0) is 4.84 Å². The van der Waals surface area contributed by atoms with E-state index in [-0.39, 0.29) is 0 Å². The van der Waals surface area contributed by atoms with Gasteiger partial charge in [0.15, 0.2) is 0 Å². The van der Waals surface area contributed by atoms with E-state index in [0.29, 0.717) is 16.7 Å². The fraction of sp³-hybridized carbons (Fsp3) is 0.960. The predicted molar refractivity (Wildman–Crippen MR) is 117 cm³/mol. The first-order valence-electron chi connectivity index (χ1n) is 12.3. The second-order valence-electron chi connectivity index (χ2n) is 11.4. The molecule has 0 aromatic carbocycles. The summed E-state index contributed by atoms with van der Waals surface area (Å²) in [5, 5.41) is 4.43. The van der Waals surface area contributed by atoms with Gasteiger partial charge >= 0.3 is 0 Å². The van der Waals surface area contributed by atoms with E-state index in [1.807, 2.05) is 0 Å². The zero-order valence-corrected chi connectivity index (χ0v) is 19.0. The van der Waals surface area contributed by atoms with Gasteiger partial charge in [-0.3, -0.25) is 0 Å². The Kier molecular flexibility index (Phi) is 6.12. The van der Waals surface area contributed by atoms with Crippen molar-refractivity contribution >= 4 is 6.21 Å². The smallest absolute Gasteiger partial charge is 0.118 e. The minimum atomic E-state index is 0.468. The van der Waals surface area contributed by atoms with Crippen LogP contribution >= 0.6 is 0 Å². The fourth-order valence-electron chi connectivity index (χ4n) is 8.20. The molecule has 4 aliphatic carbocycles. The lowest BCUT2D eigenvalue weighted by Gasteiger charge is -2.60. The molecule has 0 unspecified atom stereocenters. The summed E-state index contributed by atoms with van der Waals surface area (Å²) in [4.78, 5) is 7.81. The number of fused-ring (bicyclic) bond motifs is 5. The molecule has 28 heavy (non-hydrogen) atoms.